The first-order chi connectivity index (χ1) is 7.70. The van der Waals surface area contributed by atoms with Gasteiger partial charge in [0.15, 0.2) is 0 Å². The molecule has 0 spiro atoms. The minimum absolute atomic E-state index is 0.0495. The van der Waals surface area contributed by atoms with Crippen LogP contribution in [0.1, 0.15) is 11.6 Å². The standard InChI is InChI=1S/C11H18N4S/c1-15-5-6-16-7-9(15)10(12)8-3-2-4-14-11(8)13/h2-4,9-10H,5-7,12H2,1H3,(H2,13,14). The van der Waals surface area contributed by atoms with Crippen molar-refractivity contribution in [2.45, 2.75) is 12.1 Å². The van der Waals surface area contributed by atoms with E-state index in [4.69, 9.17) is 11.5 Å². The van der Waals surface area contributed by atoms with E-state index >= 15 is 0 Å². The van der Waals surface area contributed by atoms with Gasteiger partial charge in [0.1, 0.15) is 5.82 Å². The van der Waals surface area contributed by atoms with Crippen molar-refractivity contribution in [3.63, 3.8) is 0 Å². The maximum absolute atomic E-state index is 6.29. The van der Waals surface area contributed by atoms with Gasteiger partial charge in [-0.05, 0) is 13.1 Å². The van der Waals surface area contributed by atoms with Crippen LogP contribution in [0.15, 0.2) is 18.3 Å². The monoisotopic (exact) mass is 238 g/mol. The molecule has 2 rings (SSSR count). The summed E-state index contributed by atoms with van der Waals surface area (Å²) in [6.07, 6.45) is 1.70. The fourth-order valence-electron chi connectivity index (χ4n) is 2.00. The summed E-state index contributed by atoms with van der Waals surface area (Å²) in [6.45, 7) is 1.09. The average molecular weight is 238 g/mol. The lowest BCUT2D eigenvalue weighted by Crippen LogP contribution is -2.46. The molecule has 0 aromatic carbocycles. The summed E-state index contributed by atoms with van der Waals surface area (Å²) in [5.74, 6) is 2.80. The number of thioether (sulfide) groups is 1. The average Bonchev–Trinajstić information content (AvgIpc) is 2.29. The summed E-state index contributed by atoms with van der Waals surface area (Å²) < 4.78 is 0. The molecule has 1 aliphatic heterocycles. The summed E-state index contributed by atoms with van der Waals surface area (Å²) in [5.41, 5.74) is 13.1. The summed E-state index contributed by atoms with van der Waals surface area (Å²) >= 11 is 1.95. The van der Waals surface area contributed by atoms with Crippen LogP contribution in [-0.4, -0.2) is 41.0 Å². The molecule has 0 aliphatic carbocycles. The highest BCUT2D eigenvalue weighted by Gasteiger charge is 2.27. The quantitative estimate of drug-likeness (QED) is 0.794. The van der Waals surface area contributed by atoms with Gasteiger partial charge >= 0.3 is 0 Å². The second-order valence-electron chi connectivity index (χ2n) is 4.13. The Bertz CT molecular complexity index is 358. The summed E-state index contributed by atoms with van der Waals surface area (Å²) in [4.78, 5) is 6.41. The first kappa shape index (κ1) is 11.7. The van der Waals surface area contributed by atoms with E-state index in [0.717, 1.165) is 17.9 Å². The van der Waals surface area contributed by atoms with E-state index in [-0.39, 0.29) is 6.04 Å². The number of pyridine rings is 1. The lowest BCUT2D eigenvalue weighted by Gasteiger charge is -2.36. The van der Waals surface area contributed by atoms with E-state index in [1.807, 2.05) is 23.9 Å². The van der Waals surface area contributed by atoms with Crippen molar-refractivity contribution in [2.24, 2.45) is 5.73 Å². The predicted octanol–water partition coefficient (Wildman–Crippen LogP) is 0.711. The number of likely N-dealkylation sites (N-methyl/N-ethyl adjacent to an activating group) is 1. The van der Waals surface area contributed by atoms with E-state index in [1.165, 1.54) is 5.75 Å². The van der Waals surface area contributed by atoms with Crippen molar-refractivity contribution >= 4 is 17.6 Å². The summed E-state index contributed by atoms with van der Waals surface area (Å²) in [6, 6.07) is 4.17. The molecule has 2 unspecified atom stereocenters. The van der Waals surface area contributed by atoms with E-state index in [0.29, 0.717) is 11.9 Å². The Morgan fingerprint density at radius 2 is 2.44 bits per heavy atom. The minimum atomic E-state index is -0.0495. The van der Waals surface area contributed by atoms with Gasteiger partial charge in [-0.2, -0.15) is 11.8 Å². The molecule has 0 radical (unpaired) electrons. The second-order valence-corrected chi connectivity index (χ2v) is 5.28. The Hall–Kier alpha value is -0.780. The van der Waals surface area contributed by atoms with Gasteiger partial charge in [0, 0.05) is 41.9 Å². The third-order valence-electron chi connectivity index (χ3n) is 3.09. The van der Waals surface area contributed by atoms with Crippen LogP contribution in [0.2, 0.25) is 0 Å². The molecule has 0 amide bonds. The van der Waals surface area contributed by atoms with Gasteiger partial charge in [-0.3, -0.25) is 4.90 Å². The molecule has 1 saturated heterocycles. The first-order valence-electron chi connectivity index (χ1n) is 5.44. The zero-order valence-electron chi connectivity index (χ0n) is 9.47. The molecule has 5 heteroatoms. The molecule has 1 aliphatic rings. The van der Waals surface area contributed by atoms with E-state index in [2.05, 4.69) is 16.9 Å². The Balaban J connectivity index is 2.17. The number of aromatic nitrogens is 1. The maximum Gasteiger partial charge on any atom is 0.128 e. The van der Waals surface area contributed by atoms with Gasteiger partial charge in [0.25, 0.3) is 0 Å². The van der Waals surface area contributed by atoms with Gasteiger partial charge < -0.3 is 11.5 Å². The van der Waals surface area contributed by atoms with Crippen LogP contribution in [0.5, 0.6) is 0 Å². The minimum Gasteiger partial charge on any atom is -0.383 e. The molecule has 0 saturated carbocycles. The number of hydrogen-bond donors (Lipinski definition) is 2. The molecule has 88 valence electrons. The van der Waals surface area contributed by atoms with Crippen LogP contribution in [-0.2, 0) is 0 Å². The smallest absolute Gasteiger partial charge is 0.128 e. The normalized spacial score (nSPS) is 24.2. The number of nitrogen functional groups attached to an aromatic ring is 1. The fourth-order valence-corrected chi connectivity index (χ4v) is 3.29. The number of nitrogens with zero attached hydrogens (tertiary/aromatic N) is 2. The number of hydrogen-bond acceptors (Lipinski definition) is 5. The molecule has 1 aromatic heterocycles. The Labute approximate surface area is 100 Å². The van der Waals surface area contributed by atoms with Crippen molar-refractivity contribution in [1.82, 2.24) is 9.88 Å². The Morgan fingerprint density at radius 3 is 3.12 bits per heavy atom. The zero-order valence-corrected chi connectivity index (χ0v) is 10.3. The maximum atomic E-state index is 6.29. The molecule has 0 bridgehead atoms. The largest absolute Gasteiger partial charge is 0.383 e. The second kappa shape index (κ2) is 5.03. The zero-order chi connectivity index (χ0) is 11.5. The van der Waals surface area contributed by atoms with Gasteiger partial charge in [0.05, 0.1) is 0 Å². The van der Waals surface area contributed by atoms with Crippen LogP contribution in [0, 0.1) is 0 Å². The number of nitrogens with two attached hydrogens (primary N) is 2. The molecule has 2 atom stereocenters. The fraction of sp³-hybridized carbons (Fsp3) is 0.545. The topological polar surface area (TPSA) is 68.2 Å². The van der Waals surface area contributed by atoms with E-state index < -0.39 is 0 Å². The first-order valence-corrected chi connectivity index (χ1v) is 6.59. The van der Waals surface area contributed by atoms with Crippen molar-refractivity contribution in [3.05, 3.63) is 23.9 Å². The molecule has 16 heavy (non-hydrogen) atoms. The molecule has 1 fully saturated rings. The van der Waals surface area contributed by atoms with Crippen LogP contribution in [0.4, 0.5) is 5.82 Å². The molecule has 4 N–H and O–H groups in total. The van der Waals surface area contributed by atoms with Crippen molar-refractivity contribution in [1.29, 1.82) is 0 Å². The van der Waals surface area contributed by atoms with Gasteiger partial charge in [-0.25, -0.2) is 4.98 Å². The molecule has 1 aromatic rings. The number of rotatable bonds is 2. The summed E-state index contributed by atoms with van der Waals surface area (Å²) in [7, 11) is 2.12. The van der Waals surface area contributed by atoms with E-state index in [1.54, 1.807) is 6.20 Å². The van der Waals surface area contributed by atoms with Crippen molar-refractivity contribution < 1.29 is 0 Å². The molecule has 2 heterocycles. The highest BCUT2D eigenvalue weighted by atomic mass is 32.2. The Kier molecular flexibility index (Phi) is 3.68. The highest BCUT2D eigenvalue weighted by Crippen LogP contribution is 2.26. The highest BCUT2D eigenvalue weighted by molar-refractivity contribution is 7.99. The molecular formula is C11H18N4S. The number of anilines is 1. The van der Waals surface area contributed by atoms with Crippen molar-refractivity contribution in [2.75, 3.05) is 30.8 Å². The lowest BCUT2D eigenvalue weighted by atomic mass is 10.0. The van der Waals surface area contributed by atoms with Crippen LogP contribution < -0.4 is 11.5 Å². The van der Waals surface area contributed by atoms with Crippen LogP contribution in [0.3, 0.4) is 0 Å². The molecule has 4 nitrogen and oxygen atoms in total. The lowest BCUT2D eigenvalue weighted by molar-refractivity contribution is 0.237. The van der Waals surface area contributed by atoms with Gasteiger partial charge in [-0.1, -0.05) is 6.07 Å². The van der Waals surface area contributed by atoms with Crippen molar-refractivity contribution in [3.8, 4) is 0 Å². The third-order valence-corrected chi connectivity index (χ3v) is 4.14. The van der Waals surface area contributed by atoms with E-state index in [9.17, 15) is 0 Å². The molecular weight excluding hydrogens is 220 g/mol. The van der Waals surface area contributed by atoms with Gasteiger partial charge in [-0.15, -0.1) is 0 Å². The third kappa shape index (κ3) is 2.31. The van der Waals surface area contributed by atoms with Gasteiger partial charge in [0.2, 0.25) is 0 Å². The predicted molar refractivity (Wildman–Crippen MR) is 69.3 cm³/mol. The van der Waals surface area contributed by atoms with Crippen LogP contribution >= 0.6 is 11.8 Å². The van der Waals surface area contributed by atoms with Crippen LogP contribution in [0.25, 0.3) is 0 Å². The summed E-state index contributed by atoms with van der Waals surface area (Å²) in [5, 5.41) is 0. The SMILES string of the molecule is CN1CCSCC1C(N)c1cccnc1N. The Morgan fingerprint density at radius 1 is 1.62 bits per heavy atom.